The van der Waals surface area contributed by atoms with E-state index in [-0.39, 0.29) is 23.6 Å². The number of rotatable bonds is 8. The third-order valence-corrected chi connectivity index (χ3v) is 6.92. The van der Waals surface area contributed by atoms with E-state index in [4.69, 9.17) is 9.47 Å². The Labute approximate surface area is 223 Å². The van der Waals surface area contributed by atoms with Gasteiger partial charge in [-0.15, -0.1) is 0 Å². The number of nitro groups is 1. The first-order valence-corrected chi connectivity index (χ1v) is 12.1. The summed E-state index contributed by atoms with van der Waals surface area (Å²) in [6, 6.07) is 16.8. The van der Waals surface area contributed by atoms with Crippen molar-refractivity contribution in [3.05, 3.63) is 105 Å². The summed E-state index contributed by atoms with van der Waals surface area (Å²) >= 11 is 0. The lowest BCUT2D eigenvalue weighted by atomic mass is 9.95. The number of hydrogen-bond donors (Lipinski definition) is 2. The van der Waals surface area contributed by atoms with Crippen molar-refractivity contribution < 1.29 is 29.1 Å². The zero-order valence-corrected chi connectivity index (χ0v) is 21.2. The summed E-state index contributed by atoms with van der Waals surface area (Å²) in [5.74, 6) is -0.666. The maximum atomic E-state index is 13.3. The van der Waals surface area contributed by atoms with Crippen molar-refractivity contribution in [3.8, 4) is 11.5 Å². The molecule has 1 atom stereocenters. The SMILES string of the molecule is COc1ccc(C(O)=C2C(=O)C(=O)N(CCc3c[nH]c4ccc(OC)cc34)[C@@H]2c2ccc([N+](=O)[O-])cc2)cc1. The summed E-state index contributed by atoms with van der Waals surface area (Å²) in [6.45, 7) is 0.162. The van der Waals surface area contributed by atoms with E-state index in [2.05, 4.69) is 4.98 Å². The number of ketones is 1. The van der Waals surface area contributed by atoms with Gasteiger partial charge in [0, 0.05) is 41.3 Å². The number of non-ortho nitro benzene ring substituents is 1. The molecule has 10 heteroatoms. The Kier molecular flexibility index (Phi) is 6.76. The van der Waals surface area contributed by atoms with Crippen LogP contribution in [-0.4, -0.2) is 52.4 Å². The van der Waals surface area contributed by atoms with Gasteiger partial charge in [0.25, 0.3) is 17.4 Å². The number of methoxy groups -OCH3 is 2. The van der Waals surface area contributed by atoms with E-state index in [0.29, 0.717) is 29.0 Å². The van der Waals surface area contributed by atoms with E-state index in [1.54, 1.807) is 31.4 Å². The fourth-order valence-electron chi connectivity index (χ4n) is 4.87. The number of Topliss-reactive ketones (excluding diaryl/α,β-unsaturated/α-hetero) is 1. The van der Waals surface area contributed by atoms with Crippen LogP contribution in [0, 0.1) is 10.1 Å². The predicted molar refractivity (Wildman–Crippen MR) is 144 cm³/mol. The number of carbonyl (C=O) groups is 2. The van der Waals surface area contributed by atoms with Gasteiger partial charge in [0.05, 0.1) is 30.8 Å². The third kappa shape index (κ3) is 4.68. The highest BCUT2D eigenvalue weighted by atomic mass is 16.6. The molecule has 39 heavy (non-hydrogen) atoms. The highest BCUT2D eigenvalue weighted by Crippen LogP contribution is 2.40. The number of H-pyrrole nitrogens is 1. The Morgan fingerprint density at radius 3 is 2.31 bits per heavy atom. The molecule has 1 amide bonds. The fraction of sp³-hybridized carbons (Fsp3) is 0.172. The lowest BCUT2D eigenvalue weighted by Gasteiger charge is -2.25. The number of benzene rings is 3. The number of nitrogens with zero attached hydrogens (tertiary/aromatic N) is 2. The number of hydrogen-bond acceptors (Lipinski definition) is 7. The molecule has 2 heterocycles. The van der Waals surface area contributed by atoms with Crippen LogP contribution in [0.3, 0.4) is 0 Å². The molecule has 0 radical (unpaired) electrons. The summed E-state index contributed by atoms with van der Waals surface area (Å²) in [5, 5.41) is 23.4. The number of amides is 1. The quantitative estimate of drug-likeness (QED) is 0.111. The smallest absolute Gasteiger partial charge is 0.295 e. The first-order valence-electron chi connectivity index (χ1n) is 12.1. The minimum Gasteiger partial charge on any atom is -0.507 e. The number of aromatic amines is 1. The van der Waals surface area contributed by atoms with E-state index in [1.165, 1.54) is 36.3 Å². The molecule has 10 nitrogen and oxygen atoms in total. The summed E-state index contributed by atoms with van der Waals surface area (Å²) in [4.78, 5) is 41.9. The predicted octanol–water partition coefficient (Wildman–Crippen LogP) is 4.76. The molecule has 4 aromatic rings. The van der Waals surface area contributed by atoms with E-state index in [1.807, 2.05) is 24.4 Å². The van der Waals surface area contributed by atoms with Crippen LogP contribution in [0.4, 0.5) is 5.69 Å². The fourth-order valence-corrected chi connectivity index (χ4v) is 4.87. The standard InChI is InChI=1S/C29H25N3O7/c1-38-21-9-5-18(6-10-21)27(33)25-26(17-3-7-20(8-4-17)32(36)37)31(29(35)28(25)34)14-13-19-16-30-24-12-11-22(39-2)15-23(19)24/h3-12,15-16,26,30,33H,13-14H2,1-2H3/t26-/m1/s1. The van der Waals surface area contributed by atoms with Crippen LogP contribution in [0.5, 0.6) is 11.5 Å². The van der Waals surface area contributed by atoms with E-state index >= 15 is 0 Å². The van der Waals surface area contributed by atoms with Crippen LogP contribution in [0.25, 0.3) is 16.7 Å². The molecule has 0 saturated carbocycles. The van der Waals surface area contributed by atoms with Crippen molar-refractivity contribution in [3.63, 3.8) is 0 Å². The van der Waals surface area contributed by atoms with Crippen LogP contribution in [0.1, 0.15) is 22.7 Å². The Morgan fingerprint density at radius 2 is 1.67 bits per heavy atom. The highest BCUT2D eigenvalue weighted by molar-refractivity contribution is 6.46. The molecule has 1 fully saturated rings. The van der Waals surface area contributed by atoms with E-state index < -0.39 is 22.7 Å². The van der Waals surface area contributed by atoms with Crippen LogP contribution >= 0.6 is 0 Å². The molecule has 2 N–H and O–H groups in total. The molecular weight excluding hydrogens is 502 g/mol. The highest BCUT2D eigenvalue weighted by Gasteiger charge is 2.46. The summed E-state index contributed by atoms with van der Waals surface area (Å²) in [7, 11) is 3.10. The van der Waals surface area contributed by atoms with Gasteiger partial charge in [0.1, 0.15) is 17.3 Å². The van der Waals surface area contributed by atoms with Gasteiger partial charge in [-0.05, 0) is 72.1 Å². The number of fused-ring (bicyclic) bond motifs is 1. The van der Waals surface area contributed by atoms with Crippen molar-refractivity contribution in [1.82, 2.24) is 9.88 Å². The second-order valence-electron chi connectivity index (χ2n) is 9.05. The van der Waals surface area contributed by atoms with E-state index in [9.17, 15) is 24.8 Å². The molecule has 0 bridgehead atoms. The van der Waals surface area contributed by atoms with Crippen LogP contribution in [0.2, 0.25) is 0 Å². The molecule has 1 saturated heterocycles. The average molecular weight is 528 g/mol. The Bertz CT molecular complexity index is 1600. The second kappa shape index (κ2) is 10.3. The summed E-state index contributed by atoms with van der Waals surface area (Å²) in [5.41, 5.74) is 2.42. The first-order chi connectivity index (χ1) is 18.8. The Balaban J connectivity index is 1.55. The minimum atomic E-state index is -0.937. The maximum absolute atomic E-state index is 13.3. The number of ether oxygens (including phenoxy) is 2. The molecule has 0 unspecified atom stereocenters. The lowest BCUT2D eigenvalue weighted by molar-refractivity contribution is -0.384. The topological polar surface area (TPSA) is 135 Å². The van der Waals surface area contributed by atoms with Crippen molar-refractivity contribution in [2.45, 2.75) is 12.5 Å². The number of nitrogens with one attached hydrogen (secondary N) is 1. The molecule has 1 aliphatic heterocycles. The van der Waals surface area contributed by atoms with Gasteiger partial charge in [-0.3, -0.25) is 19.7 Å². The number of nitro benzene ring substituents is 1. The first kappa shape index (κ1) is 25.5. The van der Waals surface area contributed by atoms with Gasteiger partial charge in [0.2, 0.25) is 0 Å². The molecule has 0 aliphatic carbocycles. The number of aliphatic hydroxyl groups excluding tert-OH is 1. The molecule has 198 valence electrons. The lowest BCUT2D eigenvalue weighted by Crippen LogP contribution is -2.31. The second-order valence-corrected chi connectivity index (χ2v) is 9.05. The van der Waals surface area contributed by atoms with Crippen LogP contribution < -0.4 is 9.47 Å². The summed E-state index contributed by atoms with van der Waals surface area (Å²) in [6.07, 6.45) is 2.26. The summed E-state index contributed by atoms with van der Waals surface area (Å²) < 4.78 is 10.5. The average Bonchev–Trinajstić information content (AvgIpc) is 3.48. The molecule has 3 aromatic carbocycles. The monoisotopic (exact) mass is 527 g/mol. The van der Waals surface area contributed by atoms with Crippen LogP contribution in [0.15, 0.2) is 78.5 Å². The van der Waals surface area contributed by atoms with E-state index in [0.717, 1.165) is 16.5 Å². The Hall–Kier alpha value is -5.12. The van der Waals surface area contributed by atoms with Crippen LogP contribution in [-0.2, 0) is 16.0 Å². The number of aliphatic hydroxyl groups is 1. The maximum Gasteiger partial charge on any atom is 0.295 e. The zero-order valence-electron chi connectivity index (χ0n) is 21.2. The Morgan fingerprint density at radius 1 is 1.00 bits per heavy atom. The largest absolute Gasteiger partial charge is 0.507 e. The zero-order chi connectivity index (χ0) is 27.7. The van der Waals surface area contributed by atoms with Crippen molar-refractivity contribution >= 4 is 34.0 Å². The van der Waals surface area contributed by atoms with Crippen molar-refractivity contribution in [1.29, 1.82) is 0 Å². The van der Waals surface area contributed by atoms with Gasteiger partial charge < -0.3 is 24.5 Å². The third-order valence-electron chi connectivity index (χ3n) is 6.92. The number of carbonyl (C=O) groups excluding carboxylic acids is 2. The van der Waals surface area contributed by atoms with Gasteiger partial charge in [0.15, 0.2) is 0 Å². The molecule has 5 rings (SSSR count). The molecule has 0 spiro atoms. The van der Waals surface area contributed by atoms with Gasteiger partial charge in [-0.25, -0.2) is 0 Å². The number of likely N-dealkylation sites (tertiary alicyclic amines) is 1. The normalized spacial score (nSPS) is 16.6. The molecule has 1 aromatic heterocycles. The molecular formula is C29H25N3O7. The van der Waals surface area contributed by atoms with Crippen molar-refractivity contribution in [2.24, 2.45) is 0 Å². The van der Waals surface area contributed by atoms with Gasteiger partial charge in [-0.2, -0.15) is 0 Å². The molecule has 1 aliphatic rings. The van der Waals surface area contributed by atoms with Gasteiger partial charge >= 0.3 is 0 Å². The van der Waals surface area contributed by atoms with Gasteiger partial charge in [-0.1, -0.05) is 0 Å². The number of aromatic nitrogens is 1. The minimum absolute atomic E-state index is 0.0837. The van der Waals surface area contributed by atoms with Crippen molar-refractivity contribution in [2.75, 3.05) is 20.8 Å².